The molecule has 0 bridgehead atoms. The molecule has 1 N–H and O–H groups in total. The molecule has 0 aliphatic carbocycles. The number of rotatable bonds is 4. The van der Waals surface area contributed by atoms with Crippen LogP contribution in [0.15, 0.2) is 11.6 Å². The standard InChI is InChI=1S/C8H10O6/c1-5(3-6(9)10)8(12)14-4-7(11)13-2/h3H,4H2,1-2H3,(H,9,10)/b5-3-. The highest BCUT2D eigenvalue weighted by Crippen LogP contribution is 1.96. The molecule has 0 spiro atoms. The van der Waals surface area contributed by atoms with Crippen LogP contribution in [0.2, 0.25) is 0 Å². The van der Waals surface area contributed by atoms with Gasteiger partial charge in [0.2, 0.25) is 0 Å². The highest BCUT2D eigenvalue weighted by Gasteiger charge is 2.10. The summed E-state index contributed by atoms with van der Waals surface area (Å²) < 4.78 is 8.62. The first-order valence-corrected chi connectivity index (χ1v) is 3.62. The van der Waals surface area contributed by atoms with E-state index in [1.54, 1.807) is 0 Å². The predicted octanol–water partition coefficient (Wildman–Crippen LogP) is -0.267. The molecule has 0 heterocycles. The summed E-state index contributed by atoms with van der Waals surface area (Å²) in [7, 11) is 1.15. The average molecular weight is 202 g/mol. The first kappa shape index (κ1) is 12.2. The number of carboxylic acids is 1. The third-order valence-electron chi connectivity index (χ3n) is 1.21. The second-order valence-corrected chi connectivity index (χ2v) is 2.32. The second-order valence-electron chi connectivity index (χ2n) is 2.32. The molecule has 0 aromatic rings. The topological polar surface area (TPSA) is 89.9 Å². The van der Waals surface area contributed by atoms with Crippen LogP contribution in [0.5, 0.6) is 0 Å². The Morgan fingerprint density at radius 1 is 1.36 bits per heavy atom. The molecule has 0 amide bonds. The van der Waals surface area contributed by atoms with Crippen molar-refractivity contribution in [1.29, 1.82) is 0 Å². The monoisotopic (exact) mass is 202 g/mol. The van der Waals surface area contributed by atoms with Gasteiger partial charge in [-0.3, -0.25) is 0 Å². The third kappa shape index (κ3) is 4.91. The van der Waals surface area contributed by atoms with E-state index in [-0.39, 0.29) is 5.57 Å². The van der Waals surface area contributed by atoms with Gasteiger partial charge in [0.05, 0.1) is 7.11 Å². The summed E-state index contributed by atoms with van der Waals surface area (Å²) in [5.74, 6) is -2.82. The number of hydrogen-bond acceptors (Lipinski definition) is 5. The van der Waals surface area contributed by atoms with Crippen molar-refractivity contribution in [2.24, 2.45) is 0 Å². The highest BCUT2D eigenvalue weighted by molar-refractivity contribution is 5.95. The van der Waals surface area contributed by atoms with Crippen LogP contribution in [0.4, 0.5) is 0 Å². The molecule has 0 aliphatic rings. The molecule has 0 aromatic heterocycles. The molecule has 6 nitrogen and oxygen atoms in total. The fourth-order valence-electron chi connectivity index (χ4n) is 0.541. The Morgan fingerprint density at radius 2 is 1.93 bits per heavy atom. The van der Waals surface area contributed by atoms with Crippen molar-refractivity contribution in [3.8, 4) is 0 Å². The van der Waals surface area contributed by atoms with Gasteiger partial charge in [-0.15, -0.1) is 0 Å². The van der Waals surface area contributed by atoms with Crippen molar-refractivity contribution >= 4 is 17.9 Å². The van der Waals surface area contributed by atoms with Gasteiger partial charge in [0, 0.05) is 11.6 Å². The molecule has 0 fully saturated rings. The first-order chi connectivity index (χ1) is 6.47. The number of carbonyl (C=O) groups is 3. The number of carboxylic acid groups (broad SMARTS) is 1. The van der Waals surface area contributed by atoms with Crippen LogP contribution in [0, 0.1) is 0 Å². The van der Waals surface area contributed by atoms with Crippen LogP contribution in [0.1, 0.15) is 6.92 Å². The van der Waals surface area contributed by atoms with E-state index >= 15 is 0 Å². The van der Waals surface area contributed by atoms with Crippen molar-refractivity contribution < 1.29 is 29.0 Å². The van der Waals surface area contributed by atoms with Gasteiger partial charge in [-0.05, 0) is 6.92 Å². The van der Waals surface area contributed by atoms with Crippen molar-refractivity contribution in [3.63, 3.8) is 0 Å². The summed E-state index contributed by atoms with van der Waals surface area (Å²) in [6.07, 6.45) is 0.694. The van der Waals surface area contributed by atoms with Gasteiger partial charge in [0.15, 0.2) is 6.61 Å². The summed E-state index contributed by atoms with van der Waals surface area (Å²) in [4.78, 5) is 31.6. The minimum atomic E-state index is -1.25. The van der Waals surface area contributed by atoms with Gasteiger partial charge < -0.3 is 14.6 Å². The fraction of sp³-hybridized carbons (Fsp3) is 0.375. The van der Waals surface area contributed by atoms with Crippen molar-refractivity contribution in [3.05, 3.63) is 11.6 Å². The molecule has 0 rings (SSSR count). The normalized spacial score (nSPS) is 10.6. The maximum atomic E-state index is 10.9. The SMILES string of the molecule is COC(=O)COC(=O)/C(C)=C\C(=O)O. The molecule has 14 heavy (non-hydrogen) atoms. The van der Waals surface area contributed by atoms with Gasteiger partial charge in [-0.25, -0.2) is 14.4 Å². The lowest BCUT2D eigenvalue weighted by molar-refractivity contribution is -0.154. The Balaban J connectivity index is 4.09. The molecular weight excluding hydrogens is 192 g/mol. The number of ether oxygens (including phenoxy) is 2. The maximum Gasteiger partial charge on any atom is 0.344 e. The van der Waals surface area contributed by atoms with Crippen molar-refractivity contribution in [2.45, 2.75) is 6.92 Å². The quantitative estimate of drug-likeness (QED) is 0.498. The molecule has 0 aromatic carbocycles. The van der Waals surface area contributed by atoms with E-state index in [0.29, 0.717) is 6.08 Å². The van der Waals surface area contributed by atoms with Gasteiger partial charge >= 0.3 is 17.9 Å². The molecule has 0 atom stereocenters. The number of hydrogen-bond donors (Lipinski definition) is 1. The zero-order chi connectivity index (χ0) is 11.1. The van der Waals surface area contributed by atoms with E-state index in [2.05, 4.69) is 9.47 Å². The van der Waals surface area contributed by atoms with Crippen LogP contribution < -0.4 is 0 Å². The fourth-order valence-corrected chi connectivity index (χ4v) is 0.541. The van der Waals surface area contributed by atoms with Gasteiger partial charge in [-0.2, -0.15) is 0 Å². The minimum absolute atomic E-state index is 0.0959. The van der Waals surface area contributed by atoms with E-state index in [1.165, 1.54) is 6.92 Å². The van der Waals surface area contributed by atoms with Gasteiger partial charge in [-0.1, -0.05) is 0 Å². The molecule has 78 valence electrons. The minimum Gasteiger partial charge on any atom is -0.478 e. The molecule has 0 radical (unpaired) electrons. The average Bonchev–Trinajstić information content (AvgIpc) is 2.12. The summed E-state index contributed by atoms with van der Waals surface area (Å²) in [5.41, 5.74) is -0.0959. The lowest BCUT2D eigenvalue weighted by atomic mass is 10.3. The van der Waals surface area contributed by atoms with E-state index < -0.39 is 24.5 Å². The first-order valence-electron chi connectivity index (χ1n) is 3.62. The molecule has 6 heteroatoms. The summed E-state index contributed by atoms with van der Waals surface area (Å²) in [6.45, 7) is 0.744. The van der Waals surface area contributed by atoms with Crippen LogP contribution in [0.3, 0.4) is 0 Å². The Morgan fingerprint density at radius 3 is 2.36 bits per heavy atom. The van der Waals surface area contributed by atoms with Crippen molar-refractivity contribution in [2.75, 3.05) is 13.7 Å². The van der Waals surface area contributed by atoms with Crippen LogP contribution in [0.25, 0.3) is 0 Å². The zero-order valence-electron chi connectivity index (χ0n) is 7.77. The van der Waals surface area contributed by atoms with Crippen molar-refractivity contribution in [1.82, 2.24) is 0 Å². The van der Waals surface area contributed by atoms with E-state index in [0.717, 1.165) is 7.11 Å². The molecule has 0 unspecified atom stereocenters. The smallest absolute Gasteiger partial charge is 0.344 e. The van der Waals surface area contributed by atoms with E-state index in [1.807, 2.05) is 0 Å². The largest absolute Gasteiger partial charge is 0.478 e. The zero-order valence-corrected chi connectivity index (χ0v) is 7.77. The number of aliphatic carboxylic acids is 1. The second kappa shape index (κ2) is 5.74. The summed E-state index contributed by atoms with van der Waals surface area (Å²) >= 11 is 0. The van der Waals surface area contributed by atoms with Crippen LogP contribution >= 0.6 is 0 Å². The predicted molar refractivity (Wildman–Crippen MR) is 44.4 cm³/mol. The Labute approximate surface area is 80.1 Å². The highest BCUT2D eigenvalue weighted by atomic mass is 16.6. The van der Waals surface area contributed by atoms with Gasteiger partial charge in [0.25, 0.3) is 0 Å². The van der Waals surface area contributed by atoms with E-state index in [4.69, 9.17) is 5.11 Å². The molecule has 0 saturated carbocycles. The Bertz CT molecular complexity index is 278. The summed E-state index contributed by atoms with van der Waals surface area (Å²) in [6, 6.07) is 0. The molecular formula is C8H10O6. The van der Waals surface area contributed by atoms with Crippen LogP contribution in [-0.4, -0.2) is 36.7 Å². The third-order valence-corrected chi connectivity index (χ3v) is 1.21. The Hall–Kier alpha value is -1.85. The van der Waals surface area contributed by atoms with Gasteiger partial charge in [0.1, 0.15) is 0 Å². The number of methoxy groups -OCH3 is 1. The Kier molecular flexibility index (Phi) is 4.98. The molecule has 0 aliphatic heterocycles. The van der Waals surface area contributed by atoms with Crippen LogP contribution in [-0.2, 0) is 23.9 Å². The molecule has 0 saturated heterocycles. The van der Waals surface area contributed by atoms with E-state index in [9.17, 15) is 14.4 Å². The summed E-state index contributed by atoms with van der Waals surface area (Å²) in [5, 5.41) is 8.28. The number of esters is 2. The lowest BCUT2D eigenvalue weighted by Crippen LogP contribution is -2.16. The maximum absolute atomic E-state index is 10.9. The lowest BCUT2D eigenvalue weighted by Gasteiger charge is -2.02. The number of carbonyl (C=O) groups excluding carboxylic acids is 2.